The van der Waals surface area contributed by atoms with Gasteiger partial charge in [-0.2, -0.15) is 0 Å². The number of rotatable bonds is 6. The molecule has 0 saturated carbocycles. The van der Waals surface area contributed by atoms with Crippen LogP contribution in [0.3, 0.4) is 0 Å². The van der Waals surface area contributed by atoms with Gasteiger partial charge in [0.25, 0.3) is 0 Å². The van der Waals surface area contributed by atoms with E-state index in [9.17, 15) is 9.90 Å². The van der Waals surface area contributed by atoms with Gasteiger partial charge in [0.2, 0.25) is 6.29 Å². The highest BCUT2D eigenvalue weighted by molar-refractivity contribution is 5.51. The summed E-state index contributed by atoms with van der Waals surface area (Å²) in [7, 11) is 0. The van der Waals surface area contributed by atoms with Crippen LogP contribution in [0.15, 0.2) is 30.8 Å². The third-order valence-electron chi connectivity index (χ3n) is 2.30. The minimum absolute atomic E-state index is 0.102. The monoisotopic (exact) mass is 203 g/mol. The van der Waals surface area contributed by atoms with Gasteiger partial charge in [-0.25, -0.2) is 0 Å². The van der Waals surface area contributed by atoms with Crippen LogP contribution < -0.4 is 0 Å². The molecule has 1 rings (SSSR count). The molecule has 0 spiro atoms. The second-order valence-electron chi connectivity index (χ2n) is 3.49. The van der Waals surface area contributed by atoms with E-state index in [1.165, 1.54) is 0 Å². The fourth-order valence-corrected chi connectivity index (χ4v) is 1.35. The maximum absolute atomic E-state index is 10.0. The maximum atomic E-state index is 10.0. The van der Waals surface area contributed by atoms with Crippen molar-refractivity contribution in [1.82, 2.24) is 0 Å². The van der Waals surface area contributed by atoms with Crippen molar-refractivity contribution in [3.8, 4) is 0 Å². The number of aliphatic hydroxyl groups is 1. The summed E-state index contributed by atoms with van der Waals surface area (Å²) < 4.78 is 0. The summed E-state index contributed by atoms with van der Waals surface area (Å²) in [5.41, 5.74) is 2.24. The second kappa shape index (κ2) is 6.14. The summed E-state index contributed by atoms with van der Waals surface area (Å²) in [5, 5.41) is 9.33. The van der Waals surface area contributed by atoms with Gasteiger partial charge in [0, 0.05) is 6.42 Å². The minimum atomic E-state index is -0.568. The summed E-state index contributed by atoms with van der Waals surface area (Å²) in [6.45, 7) is 3.68. The number of hydrogen-bond acceptors (Lipinski definition) is 2. The van der Waals surface area contributed by atoms with Crippen molar-refractivity contribution in [2.75, 3.05) is 0 Å². The lowest BCUT2D eigenvalue weighted by Crippen LogP contribution is -2.08. The van der Waals surface area contributed by atoms with Crippen LogP contribution in [-0.2, 0) is 11.2 Å². The Bertz CT molecular complexity index is 314. The van der Waals surface area contributed by atoms with E-state index in [0.29, 0.717) is 6.42 Å². The highest BCUT2D eigenvalue weighted by Crippen LogP contribution is 2.09. The predicted octanol–water partition coefficient (Wildman–Crippen LogP) is 2.12. The Hall–Kier alpha value is -1.41. The molecule has 1 aromatic rings. The van der Waals surface area contributed by atoms with Crippen molar-refractivity contribution in [2.45, 2.75) is 25.4 Å². The van der Waals surface area contributed by atoms with Crippen molar-refractivity contribution in [3.05, 3.63) is 42.0 Å². The number of benzene rings is 1. The van der Waals surface area contributed by atoms with Gasteiger partial charge in [-0.15, -0.1) is 0 Å². The largest absolute Gasteiger partial charge is 0.393 e. The van der Waals surface area contributed by atoms with Crippen LogP contribution in [0, 0.1) is 0 Å². The van der Waals surface area contributed by atoms with Crippen molar-refractivity contribution < 1.29 is 9.90 Å². The Morgan fingerprint density at radius 2 is 2.07 bits per heavy atom. The molecule has 0 unspecified atom stereocenters. The lowest BCUT2D eigenvalue weighted by atomic mass is 10.0. The predicted molar refractivity (Wildman–Crippen MR) is 61.2 cm³/mol. The number of aliphatic hydroxyl groups excluding tert-OH is 1. The topological polar surface area (TPSA) is 37.3 Å². The van der Waals surface area contributed by atoms with E-state index in [2.05, 4.69) is 6.58 Å². The summed E-state index contributed by atoms with van der Waals surface area (Å²) in [5.74, 6) is 0. The first-order valence-corrected chi connectivity index (χ1v) is 5.00. The van der Waals surface area contributed by atoms with E-state index in [1.807, 2.05) is 24.3 Å². The van der Waals surface area contributed by atoms with Gasteiger partial charge in [-0.3, -0.25) is 4.79 Å². The van der Waals surface area contributed by atoms with E-state index in [-0.39, 0.29) is 6.42 Å². The fourth-order valence-electron chi connectivity index (χ4n) is 1.35. The number of hydrogen-bond donors (Lipinski definition) is 1. The lowest BCUT2D eigenvalue weighted by molar-refractivity contribution is 0.171. The number of carbonyl (C=O) groups excluding carboxylic acids is 1. The van der Waals surface area contributed by atoms with Crippen molar-refractivity contribution >= 4 is 12.4 Å². The van der Waals surface area contributed by atoms with Gasteiger partial charge in [-0.05, 0) is 24.0 Å². The molecular weight excluding hydrogens is 188 g/mol. The van der Waals surface area contributed by atoms with Gasteiger partial charge in [0.05, 0.1) is 6.10 Å². The first-order valence-electron chi connectivity index (χ1n) is 5.00. The van der Waals surface area contributed by atoms with Gasteiger partial charge in [-0.1, -0.05) is 36.9 Å². The molecule has 1 atom stereocenters. The fraction of sp³-hybridized carbons (Fsp3) is 0.308. The molecule has 0 aliphatic carbocycles. The average molecular weight is 203 g/mol. The summed E-state index contributed by atoms with van der Waals surface area (Å²) in [4.78, 5) is 10.0. The molecule has 0 aromatic heterocycles. The van der Waals surface area contributed by atoms with Gasteiger partial charge in [0.15, 0.2) is 0 Å². The molecule has 0 amide bonds. The molecule has 0 bridgehead atoms. The SMILES string of the molecule is C=Cc1ccc(CC[C@@H](O)C[C]=O)cc1. The van der Waals surface area contributed by atoms with Crippen LogP contribution >= 0.6 is 0 Å². The van der Waals surface area contributed by atoms with Crippen molar-refractivity contribution in [2.24, 2.45) is 0 Å². The van der Waals surface area contributed by atoms with E-state index in [0.717, 1.165) is 17.5 Å². The minimum Gasteiger partial charge on any atom is -0.393 e. The normalized spacial score (nSPS) is 12.1. The standard InChI is InChI=1S/C13H15O2/c1-2-11-3-5-12(6-4-11)7-8-13(15)9-10-14/h2-6,13,15H,1,7-9H2/t13-/m1/s1. The molecule has 0 heterocycles. The van der Waals surface area contributed by atoms with Crippen LogP contribution in [0.5, 0.6) is 0 Å². The van der Waals surface area contributed by atoms with E-state index in [4.69, 9.17) is 0 Å². The Morgan fingerprint density at radius 3 is 2.60 bits per heavy atom. The zero-order valence-electron chi connectivity index (χ0n) is 8.65. The first kappa shape index (κ1) is 11.7. The quantitative estimate of drug-likeness (QED) is 0.769. The molecule has 0 saturated heterocycles. The van der Waals surface area contributed by atoms with Crippen LogP contribution in [-0.4, -0.2) is 17.5 Å². The first-order chi connectivity index (χ1) is 7.26. The van der Waals surface area contributed by atoms with Crippen LogP contribution in [0.2, 0.25) is 0 Å². The summed E-state index contributed by atoms with van der Waals surface area (Å²) >= 11 is 0. The van der Waals surface area contributed by atoms with Gasteiger partial charge >= 0.3 is 0 Å². The highest BCUT2D eigenvalue weighted by Gasteiger charge is 2.03. The Morgan fingerprint density at radius 1 is 1.40 bits per heavy atom. The van der Waals surface area contributed by atoms with Crippen molar-refractivity contribution in [3.63, 3.8) is 0 Å². The van der Waals surface area contributed by atoms with E-state index < -0.39 is 6.10 Å². The summed E-state index contributed by atoms with van der Waals surface area (Å²) in [6, 6.07) is 7.99. The summed E-state index contributed by atoms with van der Waals surface area (Å²) in [6.07, 6.45) is 4.41. The molecule has 1 aromatic carbocycles. The Labute approximate surface area is 90.3 Å². The third-order valence-corrected chi connectivity index (χ3v) is 2.30. The molecule has 15 heavy (non-hydrogen) atoms. The molecule has 0 aliphatic rings. The Kier molecular flexibility index (Phi) is 4.78. The second-order valence-corrected chi connectivity index (χ2v) is 3.49. The highest BCUT2D eigenvalue weighted by atomic mass is 16.3. The lowest BCUT2D eigenvalue weighted by Gasteiger charge is -2.06. The van der Waals surface area contributed by atoms with Crippen LogP contribution in [0.4, 0.5) is 0 Å². The van der Waals surface area contributed by atoms with Gasteiger partial charge < -0.3 is 5.11 Å². The molecule has 1 N–H and O–H groups in total. The van der Waals surface area contributed by atoms with E-state index in [1.54, 1.807) is 12.4 Å². The maximum Gasteiger partial charge on any atom is 0.201 e. The van der Waals surface area contributed by atoms with E-state index >= 15 is 0 Å². The number of aryl methyl sites for hydroxylation is 1. The molecule has 79 valence electrons. The Balaban J connectivity index is 2.43. The molecule has 0 fully saturated rings. The molecule has 0 aliphatic heterocycles. The van der Waals surface area contributed by atoms with Crippen LogP contribution in [0.25, 0.3) is 6.08 Å². The third kappa shape index (κ3) is 4.09. The molecule has 2 heteroatoms. The average Bonchev–Trinajstić information content (AvgIpc) is 2.27. The van der Waals surface area contributed by atoms with Crippen molar-refractivity contribution in [1.29, 1.82) is 0 Å². The zero-order valence-corrected chi connectivity index (χ0v) is 8.65. The smallest absolute Gasteiger partial charge is 0.201 e. The van der Waals surface area contributed by atoms with Crippen LogP contribution in [0.1, 0.15) is 24.0 Å². The molecule has 1 radical (unpaired) electrons. The van der Waals surface area contributed by atoms with Gasteiger partial charge in [0.1, 0.15) is 0 Å². The molecular formula is C13H15O2. The molecule has 2 nitrogen and oxygen atoms in total. The zero-order chi connectivity index (χ0) is 11.1.